The van der Waals surface area contributed by atoms with Crippen molar-refractivity contribution in [1.29, 1.82) is 0 Å². The zero-order chi connectivity index (χ0) is 16.4. The van der Waals surface area contributed by atoms with Crippen LogP contribution in [0.15, 0.2) is 18.2 Å². The molecule has 132 valence electrons. The van der Waals surface area contributed by atoms with E-state index >= 15 is 0 Å². The molecule has 0 saturated carbocycles. The largest absolute Gasteiger partial charge is 0.484 e. The summed E-state index contributed by atoms with van der Waals surface area (Å²) in [6.07, 6.45) is -2.64. The Morgan fingerprint density at radius 3 is 2.92 bits per heavy atom. The molecule has 2 aromatic rings. The third-order valence-electron chi connectivity index (χ3n) is 3.37. The first kappa shape index (κ1) is 18.8. The highest BCUT2D eigenvalue weighted by atomic mass is 35.5. The van der Waals surface area contributed by atoms with Gasteiger partial charge in [0.05, 0.1) is 16.3 Å². The van der Waals surface area contributed by atoms with Crippen molar-refractivity contribution in [2.24, 2.45) is 0 Å². The Balaban J connectivity index is 0.00000208. The number of nitrogens with one attached hydrogen (secondary N) is 2. The van der Waals surface area contributed by atoms with E-state index in [9.17, 15) is 18.0 Å². The molecule has 5 nitrogen and oxygen atoms in total. The number of anilines is 1. The second kappa shape index (κ2) is 7.54. The molecule has 10 heteroatoms. The maximum Gasteiger partial charge on any atom is 0.422 e. The normalized spacial score (nSPS) is 17.5. The van der Waals surface area contributed by atoms with Crippen LogP contribution in [0, 0.1) is 0 Å². The fourth-order valence-corrected chi connectivity index (χ4v) is 3.21. The van der Waals surface area contributed by atoms with Gasteiger partial charge in [-0.1, -0.05) is 11.3 Å². The molecule has 1 aromatic carbocycles. The number of rotatable bonds is 4. The number of fused-ring (bicyclic) bond motifs is 1. The van der Waals surface area contributed by atoms with Gasteiger partial charge in [-0.15, -0.1) is 12.4 Å². The van der Waals surface area contributed by atoms with Crippen LogP contribution in [0.5, 0.6) is 5.75 Å². The Morgan fingerprint density at radius 1 is 1.46 bits per heavy atom. The molecule has 1 fully saturated rings. The molecule has 0 bridgehead atoms. The van der Waals surface area contributed by atoms with E-state index in [1.165, 1.54) is 23.5 Å². The van der Waals surface area contributed by atoms with Gasteiger partial charge in [-0.25, -0.2) is 4.98 Å². The van der Waals surface area contributed by atoms with Gasteiger partial charge in [-0.05, 0) is 37.6 Å². The van der Waals surface area contributed by atoms with E-state index in [0.717, 1.165) is 19.4 Å². The van der Waals surface area contributed by atoms with Crippen molar-refractivity contribution in [3.05, 3.63) is 18.2 Å². The third kappa shape index (κ3) is 4.71. The lowest BCUT2D eigenvalue weighted by Crippen LogP contribution is -2.35. The summed E-state index contributed by atoms with van der Waals surface area (Å²) in [5.41, 5.74) is 0.601. The van der Waals surface area contributed by atoms with Gasteiger partial charge in [0, 0.05) is 0 Å². The molecule has 0 spiro atoms. The highest BCUT2D eigenvalue weighted by Gasteiger charge is 2.28. The zero-order valence-electron chi connectivity index (χ0n) is 12.4. The molecule has 1 unspecified atom stereocenters. The second-order valence-corrected chi connectivity index (χ2v) is 6.22. The van der Waals surface area contributed by atoms with Gasteiger partial charge < -0.3 is 15.4 Å². The van der Waals surface area contributed by atoms with E-state index in [1.54, 1.807) is 6.07 Å². The van der Waals surface area contributed by atoms with Crippen LogP contribution in [0.3, 0.4) is 0 Å². The molecule has 1 saturated heterocycles. The minimum atomic E-state index is -4.38. The van der Waals surface area contributed by atoms with Gasteiger partial charge in [0.25, 0.3) is 0 Å². The topological polar surface area (TPSA) is 63.2 Å². The molecule has 24 heavy (non-hydrogen) atoms. The van der Waals surface area contributed by atoms with E-state index in [2.05, 4.69) is 15.6 Å². The number of carbonyl (C=O) groups excluding carboxylic acids is 1. The van der Waals surface area contributed by atoms with E-state index in [4.69, 9.17) is 4.74 Å². The molecular formula is C14H15ClF3N3O2S. The summed E-state index contributed by atoms with van der Waals surface area (Å²) in [6, 6.07) is 4.27. The van der Waals surface area contributed by atoms with Crippen molar-refractivity contribution in [2.45, 2.75) is 25.1 Å². The zero-order valence-corrected chi connectivity index (χ0v) is 14.0. The van der Waals surface area contributed by atoms with Gasteiger partial charge in [0.15, 0.2) is 11.7 Å². The Kier molecular flexibility index (Phi) is 5.89. The molecule has 2 N–H and O–H groups in total. The Bertz CT molecular complexity index is 717. The van der Waals surface area contributed by atoms with Crippen LogP contribution in [0.4, 0.5) is 18.3 Å². The average molecular weight is 382 g/mol. The standard InChI is InChI=1S/C14H14F3N3O2S.ClH/c15-14(16,17)7-22-8-3-4-9-11(6-8)23-13(19-9)20-12(21)10-2-1-5-18-10;/h3-4,6,10,18H,1-2,5,7H2,(H,19,20,21);1H. The van der Waals surface area contributed by atoms with E-state index < -0.39 is 12.8 Å². The number of aromatic nitrogens is 1. The van der Waals surface area contributed by atoms with Gasteiger partial charge in [-0.3, -0.25) is 4.79 Å². The molecule has 0 aliphatic carbocycles. The lowest BCUT2D eigenvalue weighted by molar-refractivity contribution is -0.153. The monoisotopic (exact) mass is 381 g/mol. The maximum absolute atomic E-state index is 12.2. The first-order valence-electron chi connectivity index (χ1n) is 7.05. The molecule has 1 aliphatic rings. The third-order valence-corrected chi connectivity index (χ3v) is 4.30. The molecule has 2 heterocycles. The van der Waals surface area contributed by atoms with Crippen LogP contribution in [-0.2, 0) is 4.79 Å². The number of nitrogens with zero attached hydrogens (tertiary/aromatic N) is 1. The second-order valence-electron chi connectivity index (χ2n) is 5.19. The molecule has 0 radical (unpaired) electrons. The Morgan fingerprint density at radius 2 is 2.25 bits per heavy atom. The number of hydrogen-bond donors (Lipinski definition) is 2. The van der Waals surface area contributed by atoms with Crippen molar-refractivity contribution < 1.29 is 22.7 Å². The number of benzene rings is 1. The molecule has 1 atom stereocenters. The Labute approximate surface area is 146 Å². The van der Waals surface area contributed by atoms with Crippen molar-refractivity contribution in [3.63, 3.8) is 0 Å². The van der Waals surface area contributed by atoms with E-state index in [-0.39, 0.29) is 30.1 Å². The molecular weight excluding hydrogens is 367 g/mol. The van der Waals surface area contributed by atoms with Crippen LogP contribution in [0.25, 0.3) is 10.2 Å². The highest BCUT2D eigenvalue weighted by molar-refractivity contribution is 7.22. The van der Waals surface area contributed by atoms with E-state index in [1.807, 2.05) is 0 Å². The van der Waals surface area contributed by atoms with Crippen LogP contribution >= 0.6 is 23.7 Å². The molecule has 1 aliphatic heterocycles. The van der Waals surface area contributed by atoms with Gasteiger partial charge in [0.2, 0.25) is 5.91 Å². The van der Waals surface area contributed by atoms with Crippen molar-refractivity contribution in [3.8, 4) is 5.75 Å². The highest BCUT2D eigenvalue weighted by Crippen LogP contribution is 2.30. The predicted molar refractivity (Wildman–Crippen MR) is 88.1 cm³/mol. The summed E-state index contributed by atoms with van der Waals surface area (Å²) >= 11 is 1.20. The van der Waals surface area contributed by atoms with Gasteiger partial charge in [0.1, 0.15) is 5.75 Å². The summed E-state index contributed by atoms with van der Waals surface area (Å²) in [7, 11) is 0. The van der Waals surface area contributed by atoms with Crippen LogP contribution < -0.4 is 15.4 Å². The summed E-state index contributed by atoms with van der Waals surface area (Å²) < 4.78 is 41.8. The SMILES string of the molecule is Cl.O=C(Nc1nc2ccc(OCC(F)(F)F)cc2s1)C1CCCN1. The molecule has 1 amide bonds. The van der Waals surface area contributed by atoms with Crippen LogP contribution in [0.1, 0.15) is 12.8 Å². The summed E-state index contributed by atoms with van der Waals surface area (Å²) in [5.74, 6) is -0.0242. The minimum Gasteiger partial charge on any atom is -0.484 e. The summed E-state index contributed by atoms with van der Waals surface area (Å²) in [5, 5.41) is 6.25. The minimum absolute atomic E-state index is 0. The predicted octanol–water partition coefficient (Wildman–Crippen LogP) is 3.35. The van der Waals surface area contributed by atoms with Gasteiger partial charge >= 0.3 is 6.18 Å². The van der Waals surface area contributed by atoms with Crippen LogP contribution in [-0.4, -0.2) is 36.3 Å². The number of carbonyl (C=O) groups is 1. The number of alkyl halides is 3. The van der Waals surface area contributed by atoms with Crippen LogP contribution in [0.2, 0.25) is 0 Å². The summed E-state index contributed by atoms with van der Waals surface area (Å²) in [6.45, 7) is -0.522. The van der Waals surface area contributed by atoms with Gasteiger partial charge in [-0.2, -0.15) is 13.2 Å². The lowest BCUT2D eigenvalue weighted by Gasteiger charge is -2.08. The lowest BCUT2D eigenvalue weighted by atomic mass is 10.2. The average Bonchev–Trinajstić information content (AvgIpc) is 3.12. The van der Waals surface area contributed by atoms with Crippen molar-refractivity contribution >= 4 is 45.0 Å². The molecule has 1 aromatic heterocycles. The van der Waals surface area contributed by atoms with Crippen molar-refractivity contribution in [1.82, 2.24) is 10.3 Å². The Hall–Kier alpha value is -1.58. The quantitative estimate of drug-likeness (QED) is 0.852. The number of hydrogen-bond acceptors (Lipinski definition) is 5. The fraction of sp³-hybridized carbons (Fsp3) is 0.429. The maximum atomic E-state index is 12.2. The molecule has 3 rings (SSSR count). The number of halogens is 4. The number of ether oxygens (including phenoxy) is 1. The fourth-order valence-electron chi connectivity index (χ4n) is 2.31. The van der Waals surface area contributed by atoms with E-state index in [0.29, 0.717) is 15.3 Å². The number of amides is 1. The first-order chi connectivity index (χ1) is 10.9. The number of thiazole rings is 1. The summed E-state index contributed by atoms with van der Waals surface area (Å²) in [4.78, 5) is 16.3. The van der Waals surface area contributed by atoms with Crippen molar-refractivity contribution in [2.75, 3.05) is 18.5 Å². The smallest absolute Gasteiger partial charge is 0.422 e. The first-order valence-corrected chi connectivity index (χ1v) is 7.87.